The zero-order valence-electron chi connectivity index (χ0n) is 14.7. The fraction of sp³-hybridized carbons (Fsp3) is 0.167. The molecule has 0 aliphatic rings. The van der Waals surface area contributed by atoms with Gasteiger partial charge in [0.2, 0.25) is 5.76 Å². The fourth-order valence-corrected chi connectivity index (χ4v) is 3.90. The molecule has 0 amide bonds. The Kier molecular flexibility index (Phi) is 5.03. The number of benzene rings is 2. The van der Waals surface area contributed by atoms with Crippen molar-refractivity contribution in [2.24, 2.45) is 0 Å². The number of carbonyl (C=O) groups excluding carboxylic acids is 1. The Morgan fingerprint density at radius 3 is 2.41 bits per heavy atom. The van der Waals surface area contributed by atoms with Gasteiger partial charge in [-0.25, -0.2) is 13.2 Å². The summed E-state index contributed by atoms with van der Waals surface area (Å²) in [7, 11) is -1.30. The number of sulfonamides is 1. The van der Waals surface area contributed by atoms with Crippen molar-refractivity contribution in [3.63, 3.8) is 0 Å². The van der Waals surface area contributed by atoms with Gasteiger partial charge in [-0.2, -0.15) is 0 Å². The molecule has 27 heavy (non-hydrogen) atoms. The van der Waals surface area contributed by atoms with Gasteiger partial charge >= 0.3 is 5.97 Å². The Morgan fingerprint density at radius 1 is 1.15 bits per heavy atom. The quantitative estimate of drug-likeness (QED) is 0.640. The van der Waals surface area contributed by atoms with Crippen molar-refractivity contribution in [1.29, 1.82) is 0 Å². The largest absolute Gasteiger partial charge is 0.493 e. The molecule has 2 aromatic carbocycles. The molecule has 0 unspecified atom stereocenters. The van der Waals surface area contributed by atoms with Crippen molar-refractivity contribution >= 4 is 44.3 Å². The van der Waals surface area contributed by atoms with E-state index < -0.39 is 16.0 Å². The molecule has 0 fully saturated rings. The third kappa shape index (κ3) is 3.58. The van der Waals surface area contributed by atoms with Crippen LogP contribution in [0.4, 0.5) is 5.69 Å². The average Bonchev–Trinajstić information content (AvgIpc) is 3.06. The molecule has 0 radical (unpaired) electrons. The van der Waals surface area contributed by atoms with E-state index in [1.54, 1.807) is 12.1 Å². The number of fused-ring (bicyclic) bond motifs is 1. The third-order valence-electron chi connectivity index (χ3n) is 3.88. The van der Waals surface area contributed by atoms with Crippen LogP contribution in [-0.2, 0) is 14.8 Å². The SMILES string of the molecule is COC(=O)c1cc2c(Cl)c(OC)c(NS(=O)(=O)c3ccc(C)cc3)cc2o1. The topological polar surface area (TPSA) is 94.8 Å². The highest BCUT2D eigenvalue weighted by molar-refractivity contribution is 7.92. The first-order valence-corrected chi connectivity index (χ1v) is 9.60. The molecule has 0 spiro atoms. The lowest BCUT2D eigenvalue weighted by molar-refractivity contribution is 0.0567. The molecule has 9 heteroatoms. The van der Waals surface area contributed by atoms with Crippen LogP contribution in [0.5, 0.6) is 5.75 Å². The van der Waals surface area contributed by atoms with Gasteiger partial charge in [-0.05, 0) is 19.1 Å². The summed E-state index contributed by atoms with van der Waals surface area (Å²) in [5, 5.41) is 0.503. The van der Waals surface area contributed by atoms with Crippen molar-refractivity contribution in [3.05, 3.63) is 52.7 Å². The number of methoxy groups -OCH3 is 2. The summed E-state index contributed by atoms with van der Waals surface area (Å²) in [6, 6.07) is 9.18. The summed E-state index contributed by atoms with van der Waals surface area (Å²) in [5.41, 5.74) is 1.23. The highest BCUT2D eigenvalue weighted by Crippen LogP contribution is 2.41. The van der Waals surface area contributed by atoms with Gasteiger partial charge in [0, 0.05) is 17.5 Å². The maximum Gasteiger partial charge on any atom is 0.373 e. The standard InChI is InChI=1S/C18H16ClNO6S/c1-10-4-6-11(7-5-10)27(22,23)20-13-9-14-12(16(19)17(13)24-2)8-15(26-14)18(21)25-3/h4-9,20H,1-3H3. The van der Waals surface area contributed by atoms with Gasteiger partial charge in [0.1, 0.15) is 5.58 Å². The van der Waals surface area contributed by atoms with Crippen LogP contribution < -0.4 is 9.46 Å². The first-order chi connectivity index (χ1) is 12.8. The normalized spacial score (nSPS) is 11.4. The second-order valence-electron chi connectivity index (χ2n) is 5.70. The summed E-state index contributed by atoms with van der Waals surface area (Å²) in [6.45, 7) is 1.86. The number of aryl methyl sites for hydroxylation is 1. The number of hydrogen-bond acceptors (Lipinski definition) is 6. The number of anilines is 1. The van der Waals surface area contributed by atoms with Crippen LogP contribution in [0.15, 0.2) is 45.7 Å². The van der Waals surface area contributed by atoms with E-state index in [-0.39, 0.29) is 32.7 Å². The maximum absolute atomic E-state index is 12.7. The molecule has 3 rings (SSSR count). The van der Waals surface area contributed by atoms with Crippen LogP contribution in [0.25, 0.3) is 11.0 Å². The molecule has 0 saturated heterocycles. The number of hydrogen-bond donors (Lipinski definition) is 1. The van der Waals surface area contributed by atoms with Gasteiger partial charge in [-0.15, -0.1) is 0 Å². The minimum atomic E-state index is -3.88. The van der Waals surface area contributed by atoms with Crippen LogP contribution in [-0.4, -0.2) is 28.6 Å². The molecule has 1 heterocycles. The minimum Gasteiger partial charge on any atom is -0.493 e. The van der Waals surface area contributed by atoms with Gasteiger partial charge in [0.05, 0.1) is 29.8 Å². The molecule has 0 aliphatic carbocycles. The smallest absolute Gasteiger partial charge is 0.373 e. The van der Waals surface area contributed by atoms with Crippen LogP contribution in [0, 0.1) is 6.92 Å². The second-order valence-corrected chi connectivity index (χ2v) is 7.76. The summed E-state index contributed by atoms with van der Waals surface area (Å²) < 4.78 is 43.1. The van der Waals surface area contributed by atoms with Gasteiger partial charge in [-0.3, -0.25) is 4.72 Å². The second kappa shape index (κ2) is 7.13. The molecular weight excluding hydrogens is 394 g/mol. The van der Waals surface area contributed by atoms with Crippen molar-refractivity contribution < 1.29 is 27.1 Å². The first-order valence-electron chi connectivity index (χ1n) is 7.74. The van der Waals surface area contributed by atoms with Gasteiger partial charge in [0.15, 0.2) is 5.75 Å². The van der Waals surface area contributed by atoms with E-state index in [1.165, 1.54) is 38.5 Å². The van der Waals surface area contributed by atoms with Crippen molar-refractivity contribution in [1.82, 2.24) is 0 Å². The lowest BCUT2D eigenvalue weighted by atomic mass is 10.2. The number of ether oxygens (including phenoxy) is 2. The number of rotatable bonds is 5. The molecule has 7 nitrogen and oxygen atoms in total. The van der Waals surface area contributed by atoms with E-state index in [1.807, 2.05) is 6.92 Å². The van der Waals surface area contributed by atoms with E-state index in [2.05, 4.69) is 9.46 Å². The number of esters is 1. The molecule has 1 N–H and O–H groups in total. The van der Waals surface area contributed by atoms with E-state index in [0.29, 0.717) is 5.39 Å². The monoisotopic (exact) mass is 409 g/mol. The zero-order valence-corrected chi connectivity index (χ0v) is 16.3. The molecule has 1 aromatic heterocycles. The van der Waals surface area contributed by atoms with E-state index in [9.17, 15) is 13.2 Å². The zero-order chi connectivity index (χ0) is 19.8. The van der Waals surface area contributed by atoms with Crippen LogP contribution >= 0.6 is 11.6 Å². The fourth-order valence-electron chi connectivity index (χ4n) is 2.52. The van der Waals surface area contributed by atoms with Crippen molar-refractivity contribution in [2.45, 2.75) is 11.8 Å². The van der Waals surface area contributed by atoms with Gasteiger partial charge in [-0.1, -0.05) is 29.3 Å². The summed E-state index contributed by atoms with van der Waals surface area (Å²) in [6.07, 6.45) is 0. The Morgan fingerprint density at radius 2 is 1.81 bits per heavy atom. The third-order valence-corrected chi connectivity index (χ3v) is 5.64. The van der Waals surface area contributed by atoms with Gasteiger partial charge < -0.3 is 13.9 Å². The van der Waals surface area contributed by atoms with Crippen LogP contribution in [0.3, 0.4) is 0 Å². The lowest BCUT2D eigenvalue weighted by Gasteiger charge is -2.13. The van der Waals surface area contributed by atoms with Crippen molar-refractivity contribution in [2.75, 3.05) is 18.9 Å². The summed E-state index contributed by atoms with van der Waals surface area (Å²) >= 11 is 6.33. The van der Waals surface area contributed by atoms with E-state index in [4.69, 9.17) is 20.8 Å². The van der Waals surface area contributed by atoms with Crippen LogP contribution in [0.2, 0.25) is 5.02 Å². The Bertz CT molecular complexity index is 1120. The lowest BCUT2D eigenvalue weighted by Crippen LogP contribution is -2.13. The highest BCUT2D eigenvalue weighted by atomic mass is 35.5. The van der Waals surface area contributed by atoms with Crippen LogP contribution in [0.1, 0.15) is 16.1 Å². The highest BCUT2D eigenvalue weighted by Gasteiger charge is 2.23. The number of carbonyl (C=O) groups is 1. The number of furan rings is 1. The average molecular weight is 410 g/mol. The minimum absolute atomic E-state index is 0.0602. The molecule has 0 atom stereocenters. The predicted octanol–water partition coefficient (Wildman–Crippen LogP) is 3.99. The molecule has 0 bridgehead atoms. The first kappa shape index (κ1) is 19.1. The number of nitrogens with one attached hydrogen (secondary N) is 1. The molecule has 3 aromatic rings. The molecule has 142 valence electrons. The Hall–Kier alpha value is -2.71. The Labute approximate surface area is 160 Å². The molecule has 0 saturated carbocycles. The summed E-state index contributed by atoms with van der Waals surface area (Å²) in [4.78, 5) is 11.8. The Balaban J connectivity index is 2.10. The van der Waals surface area contributed by atoms with Crippen molar-refractivity contribution in [3.8, 4) is 5.75 Å². The molecular formula is C18H16ClNO6S. The maximum atomic E-state index is 12.7. The number of halogens is 1. The van der Waals surface area contributed by atoms with E-state index >= 15 is 0 Å². The molecule has 0 aliphatic heterocycles. The van der Waals surface area contributed by atoms with E-state index in [0.717, 1.165) is 5.56 Å². The summed E-state index contributed by atoms with van der Waals surface area (Å²) in [5.74, 6) is -0.630. The van der Waals surface area contributed by atoms with Gasteiger partial charge in [0.25, 0.3) is 10.0 Å². The predicted molar refractivity (Wildman–Crippen MR) is 101 cm³/mol.